The summed E-state index contributed by atoms with van der Waals surface area (Å²) < 4.78 is 0. The number of hydrogen-bond donors (Lipinski definition) is 1. The molecule has 4 heteroatoms. The van der Waals surface area contributed by atoms with Crippen molar-refractivity contribution in [3.05, 3.63) is 34.5 Å². The van der Waals surface area contributed by atoms with E-state index in [2.05, 4.69) is 16.6 Å². The van der Waals surface area contributed by atoms with Gasteiger partial charge in [-0.15, -0.1) is 22.7 Å². The van der Waals surface area contributed by atoms with E-state index in [4.69, 9.17) is 5.21 Å². The third kappa shape index (κ3) is 1.79. The molecule has 1 N–H and O–H groups in total. The normalized spacial score (nSPS) is 11.1. The zero-order valence-electron chi connectivity index (χ0n) is 6.68. The molecule has 0 spiro atoms. The van der Waals surface area contributed by atoms with Gasteiger partial charge in [0, 0.05) is 14.6 Å². The summed E-state index contributed by atoms with van der Waals surface area (Å²) in [5.74, 6) is 0. The largest absolute Gasteiger partial charge is 0.411 e. The maximum absolute atomic E-state index is 8.34. The molecule has 2 heterocycles. The van der Waals surface area contributed by atoms with Crippen molar-refractivity contribution < 1.29 is 5.21 Å². The maximum atomic E-state index is 8.34. The van der Waals surface area contributed by atoms with E-state index < -0.39 is 0 Å². The first kappa shape index (κ1) is 8.47. The molecule has 66 valence electrons. The molecule has 0 aromatic carbocycles. The van der Waals surface area contributed by atoms with Crippen LogP contribution in [0.1, 0.15) is 4.88 Å². The fourth-order valence-corrected chi connectivity index (χ4v) is 2.74. The predicted octanol–water partition coefficient (Wildman–Crippen LogP) is 3.28. The molecule has 0 saturated carbocycles. The summed E-state index contributed by atoms with van der Waals surface area (Å²) in [6.07, 6.45) is 1.45. The first-order valence-electron chi connectivity index (χ1n) is 3.71. The molecule has 13 heavy (non-hydrogen) atoms. The van der Waals surface area contributed by atoms with E-state index in [0.717, 1.165) is 4.88 Å². The Bertz CT molecular complexity index is 403. The number of thiophene rings is 2. The predicted molar refractivity (Wildman–Crippen MR) is 57.0 cm³/mol. The lowest BCUT2D eigenvalue weighted by molar-refractivity contribution is 0.322. The highest BCUT2D eigenvalue weighted by atomic mass is 32.1. The molecule has 0 bridgehead atoms. The second kappa shape index (κ2) is 3.72. The Hall–Kier alpha value is -1.13. The molecule has 0 aliphatic heterocycles. The monoisotopic (exact) mass is 209 g/mol. The SMILES string of the molecule is ON=Cc1ccc(-c2cccs2)s1. The average Bonchev–Trinajstić information content (AvgIpc) is 2.70. The molecule has 0 unspecified atom stereocenters. The molecule has 0 aliphatic carbocycles. The van der Waals surface area contributed by atoms with Gasteiger partial charge in [0.25, 0.3) is 0 Å². The van der Waals surface area contributed by atoms with Crippen molar-refractivity contribution in [1.82, 2.24) is 0 Å². The van der Waals surface area contributed by atoms with Crippen LogP contribution in [-0.4, -0.2) is 11.4 Å². The molecular formula is C9H7NOS2. The molecule has 2 aromatic rings. The van der Waals surface area contributed by atoms with Gasteiger partial charge in [0.05, 0.1) is 6.21 Å². The van der Waals surface area contributed by atoms with Gasteiger partial charge in [-0.25, -0.2) is 0 Å². The summed E-state index contributed by atoms with van der Waals surface area (Å²) in [6, 6.07) is 8.09. The maximum Gasteiger partial charge on any atom is 0.0833 e. The van der Waals surface area contributed by atoms with Crippen molar-refractivity contribution in [2.45, 2.75) is 0 Å². The lowest BCUT2D eigenvalue weighted by Crippen LogP contribution is -1.67. The molecule has 0 amide bonds. The Kier molecular flexibility index (Phi) is 2.42. The Labute approximate surface area is 83.8 Å². The van der Waals surface area contributed by atoms with E-state index in [-0.39, 0.29) is 0 Å². The molecule has 0 saturated heterocycles. The van der Waals surface area contributed by atoms with Crippen LogP contribution >= 0.6 is 22.7 Å². The summed E-state index contributed by atoms with van der Waals surface area (Å²) in [5.41, 5.74) is 0. The number of nitrogens with zero attached hydrogens (tertiary/aromatic N) is 1. The highest BCUT2D eigenvalue weighted by Crippen LogP contribution is 2.30. The molecule has 0 radical (unpaired) electrons. The van der Waals surface area contributed by atoms with Crippen LogP contribution in [0, 0.1) is 0 Å². The van der Waals surface area contributed by atoms with Crippen molar-refractivity contribution in [2.75, 3.05) is 0 Å². The van der Waals surface area contributed by atoms with Crippen molar-refractivity contribution in [3.63, 3.8) is 0 Å². The molecule has 2 nitrogen and oxygen atoms in total. The van der Waals surface area contributed by atoms with Gasteiger partial charge in [-0.1, -0.05) is 11.2 Å². The van der Waals surface area contributed by atoms with E-state index in [9.17, 15) is 0 Å². The second-order valence-corrected chi connectivity index (χ2v) is 4.49. The van der Waals surface area contributed by atoms with Crippen molar-refractivity contribution >= 4 is 28.9 Å². The Morgan fingerprint density at radius 3 is 2.85 bits per heavy atom. The van der Waals surface area contributed by atoms with Crippen LogP contribution in [0.3, 0.4) is 0 Å². The zero-order valence-corrected chi connectivity index (χ0v) is 8.31. The minimum atomic E-state index is 0.964. The van der Waals surface area contributed by atoms with Crippen LogP contribution in [0.5, 0.6) is 0 Å². The van der Waals surface area contributed by atoms with Crippen LogP contribution in [0.4, 0.5) is 0 Å². The molecule has 2 aromatic heterocycles. The van der Waals surface area contributed by atoms with Crippen LogP contribution in [-0.2, 0) is 0 Å². The highest BCUT2D eigenvalue weighted by molar-refractivity contribution is 7.22. The van der Waals surface area contributed by atoms with Gasteiger partial charge in [0.2, 0.25) is 0 Å². The molecular weight excluding hydrogens is 202 g/mol. The minimum Gasteiger partial charge on any atom is -0.411 e. The van der Waals surface area contributed by atoms with Gasteiger partial charge in [0.1, 0.15) is 0 Å². The van der Waals surface area contributed by atoms with Crippen molar-refractivity contribution in [3.8, 4) is 9.75 Å². The number of oxime groups is 1. The summed E-state index contributed by atoms with van der Waals surface area (Å²) in [6.45, 7) is 0. The topological polar surface area (TPSA) is 32.6 Å². The van der Waals surface area contributed by atoms with Gasteiger partial charge in [-0.2, -0.15) is 0 Å². The van der Waals surface area contributed by atoms with E-state index >= 15 is 0 Å². The lowest BCUT2D eigenvalue weighted by Gasteiger charge is -1.86. The standard InChI is InChI=1S/C9H7NOS2/c11-10-6-7-3-4-9(13-7)8-2-1-5-12-8/h1-6,11H. The van der Waals surface area contributed by atoms with E-state index in [0.29, 0.717) is 0 Å². The summed E-state index contributed by atoms with van der Waals surface area (Å²) in [5, 5.41) is 13.4. The summed E-state index contributed by atoms with van der Waals surface area (Å²) in [4.78, 5) is 3.43. The van der Waals surface area contributed by atoms with Crippen molar-refractivity contribution in [1.29, 1.82) is 0 Å². The first-order valence-corrected chi connectivity index (χ1v) is 5.41. The fraction of sp³-hybridized carbons (Fsp3) is 0. The summed E-state index contributed by atoms with van der Waals surface area (Å²) >= 11 is 3.33. The van der Waals surface area contributed by atoms with Crippen LogP contribution in [0.25, 0.3) is 9.75 Å². The van der Waals surface area contributed by atoms with Gasteiger partial charge >= 0.3 is 0 Å². The Balaban J connectivity index is 2.33. The van der Waals surface area contributed by atoms with Gasteiger partial charge < -0.3 is 5.21 Å². The molecule has 0 aliphatic rings. The molecule has 0 atom stereocenters. The van der Waals surface area contributed by atoms with Gasteiger partial charge in [0.15, 0.2) is 0 Å². The van der Waals surface area contributed by atoms with E-state index in [1.54, 1.807) is 22.7 Å². The Morgan fingerprint density at radius 1 is 1.23 bits per heavy atom. The van der Waals surface area contributed by atoms with Gasteiger partial charge in [-0.3, -0.25) is 0 Å². The van der Waals surface area contributed by atoms with Crippen LogP contribution < -0.4 is 0 Å². The highest BCUT2D eigenvalue weighted by Gasteiger charge is 2.01. The zero-order chi connectivity index (χ0) is 9.10. The summed E-state index contributed by atoms with van der Waals surface area (Å²) in [7, 11) is 0. The fourth-order valence-electron chi connectivity index (χ4n) is 1.03. The smallest absolute Gasteiger partial charge is 0.0833 e. The van der Waals surface area contributed by atoms with E-state index in [1.807, 2.05) is 18.2 Å². The quantitative estimate of drug-likeness (QED) is 0.459. The third-order valence-corrected chi connectivity index (χ3v) is 3.66. The third-order valence-electron chi connectivity index (χ3n) is 1.58. The second-order valence-electron chi connectivity index (χ2n) is 2.42. The van der Waals surface area contributed by atoms with E-state index in [1.165, 1.54) is 16.0 Å². The molecule has 0 fully saturated rings. The lowest BCUT2D eigenvalue weighted by atomic mass is 10.4. The molecule has 2 rings (SSSR count). The van der Waals surface area contributed by atoms with Crippen LogP contribution in [0.15, 0.2) is 34.8 Å². The van der Waals surface area contributed by atoms with Gasteiger partial charge in [-0.05, 0) is 23.6 Å². The van der Waals surface area contributed by atoms with Crippen molar-refractivity contribution in [2.24, 2.45) is 5.16 Å². The number of rotatable bonds is 2. The average molecular weight is 209 g/mol. The Morgan fingerprint density at radius 2 is 2.15 bits per heavy atom. The number of hydrogen-bond acceptors (Lipinski definition) is 4. The minimum absolute atomic E-state index is 0.964. The first-order chi connectivity index (χ1) is 6.40. The van der Waals surface area contributed by atoms with Crippen LogP contribution in [0.2, 0.25) is 0 Å².